The van der Waals surface area contributed by atoms with Gasteiger partial charge in [-0.2, -0.15) is 5.26 Å². The first kappa shape index (κ1) is 12.9. The van der Waals surface area contributed by atoms with Gasteiger partial charge in [0.15, 0.2) is 5.69 Å². The molecule has 1 N–H and O–H groups in total. The summed E-state index contributed by atoms with van der Waals surface area (Å²) in [5, 5.41) is 9.38. The Morgan fingerprint density at radius 2 is 2.00 bits per heavy atom. The molecule has 0 aliphatic heterocycles. The van der Waals surface area contributed by atoms with Gasteiger partial charge in [-0.3, -0.25) is 0 Å². The third kappa shape index (κ3) is 2.37. The standard InChI is InChI=1S/C16H15N3/c1-4-5-15-14(10-17)16(11(2)19-15)12-6-8-13(18-3)9-7-12/h6-9,19H,4-5H2,1-2H3. The Labute approximate surface area is 113 Å². The van der Waals surface area contributed by atoms with E-state index in [9.17, 15) is 5.26 Å². The van der Waals surface area contributed by atoms with Crippen LogP contribution in [0.2, 0.25) is 0 Å². The van der Waals surface area contributed by atoms with Crippen LogP contribution in [0.15, 0.2) is 24.3 Å². The van der Waals surface area contributed by atoms with Gasteiger partial charge in [0.2, 0.25) is 0 Å². The lowest BCUT2D eigenvalue weighted by Crippen LogP contribution is -1.87. The van der Waals surface area contributed by atoms with E-state index in [-0.39, 0.29) is 0 Å². The number of aryl methyl sites for hydroxylation is 2. The molecule has 0 saturated carbocycles. The number of aromatic amines is 1. The van der Waals surface area contributed by atoms with Crippen LogP contribution in [0.1, 0.15) is 30.3 Å². The summed E-state index contributed by atoms with van der Waals surface area (Å²) in [6, 6.07) is 9.69. The zero-order valence-electron chi connectivity index (χ0n) is 11.1. The van der Waals surface area contributed by atoms with Crippen molar-refractivity contribution in [1.29, 1.82) is 5.26 Å². The number of rotatable bonds is 3. The maximum Gasteiger partial charge on any atom is 0.187 e. The molecule has 0 spiro atoms. The van der Waals surface area contributed by atoms with Crippen LogP contribution in [0.25, 0.3) is 16.0 Å². The Morgan fingerprint density at radius 3 is 2.53 bits per heavy atom. The average Bonchev–Trinajstić information content (AvgIpc) is 2.75. The van der Waals surface area contributed by atoms with Crippen molar-refractivity contribution >= 4 is 5.69 Å². The fourth-order valence-corrected chi connectivity index (χ4v) is 2.31. The Kier molecular flexibility index (Phi) is 3.68. The monoisotopic (exact) mass is 249 g/mol. The summed E-state index contributed by atoms with van der Waals surface area (Å²) >= 11 is 0. The molecule has 0 fully saturated rings. The Hall–Kier alpha value is -2.52. The zero-order valence-corrected chi connectivity index (χ0v) is 11.1. The Bertz CT molecular complexity index is 664. The van der Waals surface area contributed by atoms with Crippen LogP contribution in [0.3, 0.4) is 0 Å². The fourth-order valence-electron chi connectivity index (χ4n) is 2.31. The summed E-state index contributed by atoms with van der Waals surface area (Å²) in [6.45, 7) is 11.0. The van der Waals surface area contributed by atoms with E-state index in [2.05, 4.69) is 22.8 Å². The molecule has 19 heavy (non-hydrogen) atoms. The van der Waals surface area contributed by atoms with E-state index >= 15 is 0 Å². The van der Waals surface area contributed by atoms with E-state index < -0.39 is 0 Å². The topological polar surface area (TPSA) is 43.9 Å². The van der Waals surface area contributed by atoms with Crippen LogP contribution < -0.4 is 0 Å². The maximum absolute atomic E-state index is 9.38. The molecule has 1 heterocycles. The van der Waals surface area contributed by atoms with Crippen molar-refractivity contribution in [3.63, 3.8) is 0 Å². The first-order valence-electron chi connectivity index (χ1n) is 6.30. The van der Waals surface area contributed by atoms with Crippen molar-refractivity contribution in [2.75, 3.05) is 0 Å². The van der Waals surface area contributed by atoms with E-state index in [1.54, 1.807) is 12.1 Å². The van der Waals surface area contributed by atoms with Crippen LogP contribution in [-0.2, 0) is 6.42 Å². The number of nitrogens with one attached hydrogen (secondary N) is 1. The predicted molar refractivity (Wildman–Crippen MR) is 75.9 cm³/mol. The molecule has 0 aliphatic carbocycles. The highest BCUT2D eigenvalue weighted by molar-refractivity contribution is 5.75. The van der Waals surface area contributed by atoms with Crippen LogP contribution in [0.4, 0.5) is 5.69 Å². The Morgan fingerprint density at radius 1 is 1.32 bits per heavy atom. The summed E-state index contributed by atoms with van der Waals surface area (Å²) in [5.41, 5.74) is 5.31. The quantitative estimate of drug-likeness (QED) is 0.807. The van der Waals surface area contributed by atoms with Gasteiger partial charge in [-0.05, 0) is 18.9 Å². The maximum atomic E-state index is 9.38. The molecule has 3 nitrogen and oxygen atoms in total. The molecular formula is C16H15N3. The van der Waals surface area contributed by atoms with Gasteiger partial charge in [0.1, 0.15) is 6.07 Å². The molecular weight excluding hydrogens is 234 g/mol. The van der Waals surface area contributed by atoms with Crippen molar-refractivity contribution < 1.29 is 0 Å². The van der Waals surface area contributed by atoms with Crippen LogP contribution in [-0.4, -0.2) is 4.98 Å². The number of aromatic nitrogens is 1. The van der Waals surface area contributed by atoms with Crippen molar-refractivity contribution in [2.24, 2.45) is 0 Å². The number of benzene rings is 1. The summed E-state index contributed by atoms with van der Waals surface area (Å²) in [4.78, 5) is 6.69. The second-order valence-electron chi connectivity index (χ2n) is 4.50. The van der Waals surface area contributed by atoms with E-state index in [1.807, 2.05) is 19.1 Å². The number of hydrogen-bond donors (Lipinski definition) is 1. The van der Waals surface area contributed by atoms with Gasteiger partial charge in [0.25, 0.3) is 0 Å². The Balaban J connectivity index is 2.55. The molecule has 3 heteroatoms. The minimum absolute atomic E-state index is 0.615. The number of H-pyrrole nitrogens is 1. The van der Waals surface area contributed by atoms with Crippen LogP contribution in [0, 0.1) is 24.8 Å². The fraction of sp³-hybridized carbons (Fsp3) is 0.250. The zero-order chi connectivity index (χ0) is 13.8. The smallest absolute Gasteiger partial charge is 0.187 e. The minimum atomic E-state index is 0.615. The largest absolute Gasteiger partial charge is 0.361 e. The van der Waals surface area contributed by atoms with Gasteiger partial charge in [0, 0.05) is 17.0 Å². The number of nitrogens with zero attached hydrogens (tertiary/aromatic N) is 2. The first-order valence-corrected chi connectivity index (χ1v) is 6.30. The first-order chi connectivity index (χ1) is 9.21. The lowest BCUT2D eigenvalue weighted by molar-refractivity contribution is 0.885. The molecule has 1 aromatic heterocycles. The summed E-state index contributed by atoms with van der Waals surface area (Å²) in [7, 11) is 0. The third-order valence-electron chi connectivity index (χ3n) is 3.16. The second kappa shape index (κ2) is 5.42. The van der Waals surface area contributed by atoms with E-state index in [4.69, 9.17) is 6.57 Å². The highest BCUT2D eigenvalue weighted by atomic mass is 14.7. The molecule has 0 bridgehead atoms. The molecule has 1 aromatic carbocycles. The van der Waals surface area contributed by atoms with Crippen LogP contribution >= 0.6 is 0 Å². The summed E-state index contributed by atoms with van der Waals surface area (Å²) < 4.78 is 0. The van der Waals surface area contributed by atoms with E-state index in [0.29, 0.717) is 5.69 Å². The molecule has 2 rings (SSSR count). The van der Waals surface area contributed by atoms with Crippen molar-refractivity contribution in [3.05, 3.63) is 52.6 Å². The normalized spacial score (nSPS) is 9.89. The van der Waals surface area contributed by atoms with Gasteiger partial charge >= 0.3 is 0 Å². The lowest BCUT2D eigenvalue weighted by Gasteiger charge is -2.02. The number of hydrogen-bond acceptors (Lipinski definition) is 1. The van der Waals surface area contributed by atoms with E-state index in [0.717, 1.165) is 40.9 Å². The molecule has 0 radical (unpaired) electrons. The molecule has 2 aromatic rings. The van der Waals surface area contributed by atoms with Crippen molar-refractivity contribution in [1.82, 2.24) is 4.98 Å². The third-order valence-corrected chi connectivity index (χ3v) is 3.16. The van der Waals surface area contributed by atoms with Crippen molar-refractivity contribution in [3.8, 4) is 17.2 Å². The lowest BCUT2D eigenvalue weighted by atomic mass is 10.00. The average molecular weight is 249 g/mol. The van der Waals surface area contributed by atoms with Gasteiger partial charge in [-0.25, -0.2) is 4.85 Å². The molecule has 0 amide bonds. The van der Waals surface area contributed by atoms with Gasteiger partial charge in [0.05, 0.1) is 12.1 Å². The van der Waals surface area contributed by atoms with Crippen molar-refractivity contribution in [2.45, 2.75) is 26.7 Å². The highest BCUT2D eigenvalue weighted by Gasteiger charge is 2.15. The molecule has 94 valence electrons. The van der Waals surface area contributed by atoms with Gasteiger partial charge in [-0.1, -0.05) is 37.6 Å². The highest BCUT2D eigenvalue weighted by Crippen LogP contribution is 2.31. The SMILES string of the molecule is [C-]#[N+]c1ccc(-c2c(C)[nH]c(CCC)c2C#N)cc1. The summed E-state index contributed by atoms with van der Waals surface area (Å²) in [5.74, 6) is 0. The van der Waals surface area contributed by atoms with E-state index in [1.165, 1.54) is 0 Å². The van der Waals surface area contributed by atoms with Gasteiger partial charge < -0.3 is 4.98 Å². The summed E-state index contributed by atoms with van der Waals surface area (Å²) in [6.07, 6.45) is 1.88. The number of nitriles is 1. The van der Waals surface area contributed by atoms with Crippen LogP contribution in [0.5, 0.6) is 0 Å². The minimum Gasteiger partial charge on any atom is -0.361 e. The molecule has 0 atom stereocenters. The molecule has 0 aliphatic rings. The predicted octanol–water partition coefficient (Wildman–Crippen LogP) is 4.37. The second-order valence-corrected chi connectivity index (χ2v) is 4.50. The molecule has 0 saturated heterocycles. The molecule has 0 unspecified atom stereocenters. The van der Waals surface area contributed by atoms with Gasteiger partial charge in [-0.15, -0.1) is 0 Å².